The Labute approximate surface area is 95.9 Å². The first-order valence-corrected chi connectivity index (χ1v) is 5.65. The van der Waals surface area contributed by atoms with Crippen molar-refractivity contribution < 1.29 is 8.78 Å². The maximum absolute atomic E-state index is 13.0. The summed E-state index contributed by atoms with van der Waals surface area (Å²) in [6.45, 7) is 6.35. The SMILES string of the molecule is CCCNC(c1c(C)cccc1C)C(F)F. The Morgan fingerprint density at radius 2 is 1.75 bits per heavy atom. The third kappa shape index (κ3) is 3.01. The molecule has 0 saturated heterocycles. The molecule has 0 aliphatic heterocycles. The van der Waals surface area contributed by atoms with Crippen molar-refractivity contribution in [2.24, 2.45) is 0 Å². The van der Waals surface area contributed by atoms with Gasteiger partial charge in [-0.2, -0.15) is 0 Å². The molecule has 16 heavy (non-hydrogen) atoms. The summed E-state index contributed by atoms with van der Waals surface area (Å²) in [5, 5.41) is 2.92. The molecule has 0 aromatic heterocycles. The molecule has 0 aliphatic rings. The van der Waals surface area contributed by atoms with E-state index in [-0.39, 0.29) is 0 Å². The second-order valence-corrected chi connectivity index (χ2v) is 4.07. The van der Waals surface area contributed by atoms with E-state index in [0.717, 1.165) is 23.1 Å². The van der Waals surface area contributed by atoms with Gasteiger partial charge >= 0.3 is 0 Å². The van der Waals surface area contributed by atoms with E-state index in [1.807, 2.05) is 39.0 Å². The van der Waals surface area contributed by atoms with Crippen LogP contribution in [0.1, 0.15) is 36.1 Å². The van der Waals surface area contributed by atoms with Crippen LogP contribution in [0.4, 0.5) is 8.78 Å². The second-order valence-electron chi connectivity index (χ2n) is 4.07. The fraction of sp³-hybridized carbons (Fsp3) is 0.538. The van der Waals surface area contributed by atoms with Crippen molar-refractivity contribution in [3.05, 3.63) is 34.9 Å². The largest absolute Gasteiger partial charge is 0.305 e. The minimum atomic E-state index is -2.37. The molecule has 1 aromatic rings. The predicted octanol–water partition coefficient (Wildman–Crippen LogP) is 3.61. The summed E-state index contributed by atoms with van der Waals surface area (Å²) in [6, 6.07) is 4.81. The Hall–Kier alpha value is -0.960. The summed E-state index contributed by atoms with van der Waals surface area (Å²) in [4.78, 5) is 0. The predicted molar refractivity (Wildman–Crippen MR) is 63.0 cm³/mol. The second kappa shape index (κ2) is 5.94. The molecule has 3 heteroatoms. The first kappa shape index (κ1) is 13.1. The standard InChI is InChI=1S/C13H19F2N/c1-4-8-16-12(13(14)15)11-9(2)6-5-7-10(11)3/h5-7,12-13,16H,4,8H2,1-3H3. The molecule has 0 saturated carbocycles. The van der Waals surface area contributed by atoms with E-state index in [1.54, 1.807) is 0 Å². The maximum atomic E-state index is 13.0. The van der Waals surface area contributed by atoms with Gasteiger partial charge in [0, 0.05) is 0 Å². The van der Waals surface area contributed by atoms with Crippen molar-refractivity contribution in [3.63, 3.8) is 0 Å². The summed E-state index contributed by atoms with van der Waals surface area (Å²) in [6.07, 6.45) is -1.51. The number of benzene rings is 1. The lowest BCUT2D eigenvalue weighted by molar-refractivity contribution is 0.0979. The maximum Gasteiger partial charge on any atom is 0.257 e. The van der Waals surface area contributed by atoms with Gasteiger partial charge in [0.1, 0.15) is 0 Å². The molecule has 0 bridgehead atoms. The zero-order valence-electron chi connectivity index (χ0n) is 10.1. The van der Waals surface area contributed by atoms with E-state index in [1.165, 1.54) is 0 Å². The average Bonchev–Trinajstić information content (AvgIpc) is 2.21. The van der Waals surface area contributed by atoms with Gasteiger partial charge in [0.25, 0.3) is 6.43 Å². The van der Waals surface area contributed by atoms with Crippen LogP contribution < -0.4 is 5.32 Å². The molecular formula is C13H19F2N. The van der Waals surface area contributed by atoms with Gasteiger partial charge in [0.15, 0.2) is 0 Å². The van der Waals surface area contributed by atoms with Gasteiger partial charge in [0.2, 0.25) is 0 Å². The Morgan fingerprint density at radius 3 is 2.19 bits per heavy atom. The summed E-state index contributed by atoms with van der Waals surface area (Å²) in [7, 11) is 0. The molecule has 0 heterocycles. The topological polar surface area (TPSA) is 12.0 Å². The van der Waals surface area contributed by atoms with Crippen LogP contribution in [0.15, 0.2) is 18.2 Å². The number of aryl methyl sites for hydroxylation is 2. The Bertz CT molecular complexity index is 316. The molecular weight excluding hydrogens is 208 g/mol. The molecule has 1 unspecified atom stereocenters. The van der Waals surface area contributed by atoms with Crippen molar-refractivity contribution in [1.82, 2.24) is 5.32 Å². The van der Waals surface area contributed by atoms with Crippen molar-refractivity contribution in [3.8, 4) is 0 Å². The van der Waals surface area contributed by atoms with Crippen molar-refractivity contribution in [2.45, 2.75) is 39.7 Å². The molecule has 0 spiro atoms. The molecule has 0 amide bonds. The first-order valence-electron chi connectivity index (χ1n) is 5.65. The van der Waals surface area contributed by atoms with Crippen LogP contribution in [-0.4, -0.2) is 13.0 Å². The first-order chi connectivity index (χ1) is 7.57. The van der Waals surface area contributed by atoms with Crippen LogP contribution in [0.2, 0.25) is 0 Å². The van der Waals surface area contributed by atoms with E-state index in [2.05, 4.69) is 5.32 Å². The molecule has 1 nitrogen and oxygen atoms in total. The van der Waals surface area contributed by atoms with Gasteiger partial charge in [0.05, 0.1) is 6.04 Å². The van der Waals surface area contributed by atoms with Crippen LogP contribution >= 0.6 is 0 Å². The number of alkyl halides is 2. The highest BCUT2D eigenvalue weighted by Gasteiger charge is 2.24. The highest BCUT2D eigenvalue weighted by molar-refractivity contribution is 5.36. The molecule has 0 aliphatic carbocycles. The van der Waals surface area contributed by atoms with Crippen LogP contribution in [0.25, 0.3) is 0 Å². The van der Waals surface area contributed by atoms with Crippen LogP contribution in [0.3, 0.4) is 0 Å². The van der Waals surface area contributed by atoms with E-state index < -0.39 is 12.5 Å². The monoisotopic (exact) mass is 227 g/mol. The summed E-state index contributed by atoms with van der Waals surface area (Å²) >= 11 is 0. The van der Waals surface area contributed by atoms with E-state index >= 15 is 0 Å². The Kier molecular flexibility index (Phi) is 4.87. The number of nitrogens with one attached hydrogen (secondary N) is 1. The van der Waals surface area contributed by atoms with Crippen molar-refractivity contribution >= 4 is 0 Å². The van der Waals surface area contributed by atoms with Crippen molar-refractivity contribution in [1.29, 1.82) is 0 Å². The number of hydrogen-bond donors (Lipinski definition) is 1. The van der Waals surface area contributed by atoms with Crippen LogP contribution in [-0.2, 0) is 0 Å². The van der Waals surface area contributed by atoms with E-state index in [4.69, 9.17) is 0 Å². The lowest BCUT2D eigenvalue weighted by atomic mass is 9.96. The van der Waals surface area contributed by atoms with Crippen LogP contribution in [0, 0.1) is 13.8 Å². The number of halogens is 2. The zero-order valence-corrected chi connectivity index (χ0v) is 10.1. The molecule has 1 aromatic carbocycles. The van der Waals surface area contributed by atoms with Crippen molar-refractivity contribution in [2.75, 3.05) is 6.54 Å². The van der Waals surface area contributed by atoms with Gasteiger partial charge in [-0.3, -0.25) is 0 Å². The van der Waals surface area contributed by atoms with Gasteiger partial charge < -0.3 is 5.32 Å². The fourth-order valence-corrected chi connectivity index (χ4v) is 1.93. The zero-order chi connectivity index (χ0) is 12.1. The molecule has 1 rings (SSSR count). The van der Waals surface area contributed by atoms with E-state index in [9.17, 15) is 8.78 Å². The molecule has 0 fully saturated rings. The lowest BCUT2D eigenvalue weighted by Crippen LogP contribution is -2.29. The minimum absolute atomic E-state index is 0.614. The lowest BCUT2D eigenvalue weighted by Gasteiger charge is -2.22. The van der Waals surface area contributed by atoms with E-state index in [0.29, 0.717) is 6.54 Å². The van der Waals surface area contributed by atoms with Gasteiger partial charge in [-0.25, -0.2) is 8.78 Å². The molecule has 90 valence electrons. The summed E-state index contributed by atoms with van der Waals surface area (Å²) < 4.78 is 26.0. The Morgan fingerprint density at radius 1 is 1.19 bits per heavy atom. The quantitative estimate of drug-likeness (QED) is 0.810. The summed E-state index contributed by atoms with van der Waals surface area (Å²) in [5.74, 6) is 0. The third-order valence-electron chi connectivity index (χ3n) is 2.72. The normalized spacial score (nSPS) is 13.1. The van der Waals surface area contributed by atoms with Crippen LogP contribution in [0.5, 0.6) is 0 Å². The minimum Gasteiger partial charge on any atom is -0.305 e. The fourth-order valence-electron chi connectivity index (χ4n) is 1.93. The highest BCUT2D eigenvalue weighted by atomic mass is 19.3. The summed E-state index contributed by atoms with van der Waals surface area (Å²) in [5.41, 5.74) is 2.59. The third-order valence-corrected chi connectivity index (χ3v) is 2.72. The van der Waals surface area contributed by atoms with Gasteiger partial charge in [-0.1, -0.05) is 25.1 Å². The molecule has 0 radical (unpaired) electrons. The molecule has 1 N–H and O–H groups in total. The number of rotatable bonds is 5. The Balaban J connectivity index is 3.00. The number of hydrogen-bond acceptors (Lipinski definition) is 1. The highest BCUT2D eigenvalue weighted by Crippen LogP contribution is 2.26. The van der Waals surface area contributed by atoms with Gasteiger partial charge in [-0.05, 0) is 43.5 Å². The molecule has 1 atom stereocenters. The van der Waals surface area contributed by atoms with Gasteiger partial charge in [-0.15, -0.1) is 0 Å². The smallest absolute Gasteiger partial charge is 0.257 e. The average molecular weight is 227 g/mol.